The predicted molar refractivity (Wildman–Crippen MR) is 109 cm³/mol. The van der Waals surface area contributed by atoms with E-state index < -0.39 is 0 Å². The van der Waals surface area contributed by atoms with Crippen molar-refractivity contribution in [2.24, 2.45) is 0 Å². The summed E-state index contributed by atoms with van der Waals surface area (Å²) in [6.45, 7) is 3.96. The summed E-state index contributed by atoms with van der Waals surface area (Å²) in [5.74, 6) is 0.370. The summed E-state index contributed by atoms with van der Waals surface area (Å²) in [4.78, 5) is 11.1. The Morgan fingerprint density at radius 3 is 2.55 bits per heavy atom. The van der Waals surface area contributed by atoms with E-state index in [1.165, 1.54) is 19.1 Å². The van der Waals surface area contributed by atoms with Crippen molar-refractivity contribution in [1.82, 2.24) is 0 Å². The molecule has 0 aromatic heterocycles. The lowest BCUT2D eigenvalue weighted by Crippen LogP contribution is -2.34. The molecule has 6 heteroatoms. The molecule has 0 saturated carbocycles. The van der Waals surface area contributed by atoms with Crippen molar-refractivity contribution in [2.45, 2.75) is 58.0 Å². The van der Waals surface area contributed by atoms with Crippen LogP contribution in [0.1, 0.15) is 51.2 Å². The minimum absolute atomic E-state index is 0.0468. The summed E-state index contributed by atoms with van der Waals surface area (Å²) in [5.41, 5.74) is 1.69. The number of hydrogen-bond acceptors (Lipinski definition) is 4. The van der Waals surface area contributed by atoms with E-state index in [1.807, 2.05) is 19.1 Å². The number of nitrogens with one attached hydrogen (secondary N) is 1. The second-order valence-corrected chi connectivity index (χ2v) is 7.22. The minimum Gasteiger partial charge on any atom is -0.491 e. The van der Waals surface area contributed by atoms with Crippen LogP contribution in [0.2, 0.25) is 0 Å². The van der Waals surface area contributed by atoms with Crippen molar-refractivity contribution in [1.29, 1.82) is 0 Å². The van der Waals surface area contributed by atoms with Crippen LogP contribution in [0.5, 0.6) is 5.75 Å². The van der Waals surface area contributed by atoms with Crippen molar-refractivity contribution >= 4 is 11.6 Å². The zero-order valence-electron chi connectivity index (χ0n) is 16.9. The predicted octanol–water partition coefficient (Wildman–Crippen LogP) is 5.23. The van der Waals surface area contributed by atoms with Gasteiger partial charge in [0, 0.05) is 12.6 Å². The van der Waals surface area contributed by atoms with Crippen molar-refractivity contribution in [2.75, 3.05) is 11.9 Å². The van der Waals surface area contributed by atoms with Crippen molar-refractivity contribution in [3.05, 3.63) is 59.9 Å². The van der Waals surface area contributed by atoms with Gasteiger partial charge < -0.3 is 19.5 Å². The second kappa shape index (κ2) is 10.4. The lowest BCUT2D eigenvalue weighted by molar-refractivity contribution is -0.221. The molecule has 1 fully saturated rings. The second-order valence-electron chi connectivity index (χ2n) is 7.22. The lowest BCUT2D eigenvalue weighted by Gasteiger charge is -2.32. The van der Waals surface area contributed by atoms with Crippen LogP contribution in [0.15, 0.2) is 48.5 Å². The van der Waals surface area contributed by atoms with Crippen LogP contribution in [0.3, 0.4) is 0 Å². The van der Waals surface area contributed by atoms with Gasteiger partial charge in [-0.05, 0) is 67.6 Å². The number of anilines is 1. The van der Waals surface area contributed by atoms with Crippen LogP contribution in [-0.2, 0) is 14.3 Å². The van der Waals surface area contributed by atoms with E-state index in [0.29, 0.717) is 6.61 Å². The van der Waals surface area contributed by atoms with Crippen molar-refractivity contribution in [3.8, 4) is 5.75 Å². The van der Waals surface area contributed by atoms with E-state index in [4.69, 9.17) is 14.2 Å². The molecule has 2 aromatic rings. The van der Waals surface area contributed by atoms with Gasteiger partial charge in [-0.25, -0.2) is 4.39 Å². The summed E-state index contributed by atoms with van der Waals surface area (Å²) in [6, 6.07) is 13.7. The summed E-state index contributed by atoms with van der Waals surface area (Å²) >= 11 is 0. The number of amides is 1. The fraction of sp³-hybridized carbons (Fsp3) is 0.435. The molecule has 1 amide bonds. The maximum absolute atomic E-state index is 13.2. The van der Waals surface area contributed by atoms with Gasteiger partial charge in [0.1, 0.15) is 18.2 Å². The summed E-state index contributed by atoms with van der Waals surface area (Å²) < 4.78 is 31.3. The van der Waals surface area contributed by atoms with Crippen LogP contribution in [0.25, 0.3) is 0 Å². The summed E-state index contributed by atoms with van der Waals surface area (Å²) in [5, 5.41) is 2.73. The average molecular weight is 401 g/mol. The van der Waals surface area contributed by atoms with E-state index in [9.17, 15) is 9.18 Å². The van der Waals surface area contributed by atoms with Gasteiger partial charge in [-0.3, -0.25) is 4.79 Å². The molecule has 3 rings (SSSR count). The monoisotopic (exact) mass is 401 g/mol. The van der Waals surface area contributed by atoms with E-state index >= 15 is 0 Å². The first kappa shape index (κ1) is 21.3. The third-order valence-corrected chi connectivity index (χ3v) is 4.85. The SMILES string of the molecule is CCC(OC1CCCC(COc2ccc(NC(C)=O)cc2)O1)c1ccc(F)cc1. The van der Waals surface area contributed by atoms with Gasteiger partial charge in [-0.15, -0.1) is 0 Å². The molecule has 1 saturated heterocycles. The standard InChI is InChI=1S/C23H28FNO4/c1-3-22(17-7-9-18(24)10-8-17)29-23-6-4-5-21(28-23)15-27-20-13-11-19(12-14-20)25-16(2)26/h7-14,21-23H,3-6,15H2,1-2H3,(H,25,26). The molecule has 0 radical (unpaired) electrons. The van der Waals surface area contributed by atoms with Gasteiger partial charge in [0.2, 0.25) is 5.91 Å². The van der Waals surface area contributed by atoms with Gasteiger partial charge >= 0.3 is 0 Å². The van der Waals surface area contributed by atoms with Crippen molar-refractivity contribution < 1.29 is 23.4 Å². The average Bonchev–Trinajstić information content (AvgIpc) is 2.72. The molecule has 2 aromatic carbocycles. The Labute approximate surface area is 171 Å². The highest BCUT2D eigenvalue weighted by Crippen LogP contribution is 2.29. The van der Waals surface area contributed by atoms with Crippen molar-refractivity contribution in [3.63, 3.8) is 0 Å². The number of ether oxygens (including phenoxy) is 3. The minimum atomic E-state index is -0.297. The maximum Gasteiger partial charge on any atom is 0.221 e. The molecule has 156 valence electrons. The first-order valence-electron chi connectivity index (χ1n) is 10.1. The lowest BCUT2D eigenvalue weighted by atomic mass is 10.1. The van der Waals surface area contributed by atoms with E-state index in [2.05, 4.69) is 5.32 Å². The molecule has 1 aliphatic rings. The Hall–Kier alpha value is -2.44. The van der Waals surface area contributed by atoms with E-state index in [-0.39, 0.29) is 30.2 Å². The molecule has 3 unspecified atom stereocenters. The number of benzene rings is 2. The number of halogens is 1. The topological polar surface area (TPSA) is 56.8 Å². The Kier molecular flexibility index (Phi) is 7.61. The fourth-order valence-electron chi connectivity index (χ4n) is 3.38. The molecular formula is C23H28FNO4. The molecule has 1 N–H and O–H groups in total. The smallest absolute Gasteiger partial charge is 0.221 e. The highest BCUT2D eigenvalue weighted by molar-refractivity contribution is 5.88. The Bertz CT molecular complexity index is 778. The molecule has 5 nitrogen and oxygen atoms in total. The maximum atomic E-state index is 13.2. The molecular weight excluding hydrogens is 373 g/mol. The number of carbonyl (C=O) groups is 1. The first-order chi connectivity index (χ1) is 14.0. The highest BCUT2D eigenvalue weighted by Gasteiger charge is 2.26. The molecule has 0 aliphatic carbocycles. The molecule has 1 heterocycles. The van der Waals surface area contributed by atoms with Gasteiger partial charge in [0.15, 0.2) is 6.29 Å². The van der Waals surface area contributed by atoms with E-state index in [1.54, 1.807) is 24.3 Å². The molecule has 1 aliphatic heterocycles. The zero-order chi connectivity index (χ0) is 20.6. The van der Waals surface area contributed by atoms with Gasteiger partial charge in [0.05, 0.1) is 12.2 Å². The van der Waals surface area contributed by atoms with Gasteiger partial charge in [-0.2, -0.15) is 0 Å². The summed E-state index contributed by atoms with van der Waals surface area (Å²) in [7, 11) is 0. The quantitative estimate of drug-likeness (QED) is 0.658. The highest BCUT2D eigenvalue weighted by atomic mass is 19.1. The molecule has 29 heavy (non-hydrogen) atoms. The normalized spacial score (nSPS) is 20.1. The zero-order valence-corrected chi connectivity index (χ0v) is 16.9. The van der Waals surface area contributed by atoms with Gasteiger partial charge in [0.25, 0.3) is 0 Å². The largest absolute Gasteiger partial charge is 0.491 e. The first-order valence-corrected chi connectivity index (χ1v) is 10.1. The molecule has 0 bridgehead atoms. The van der Waals surface area contributed by atoms with Crippen LogP contribution in [-0.4, -0.2) is 24.9 Å². The van der Waals surface area contributed by atoms with Crippen LogP contribution < -0.4 is 10.1 Å². The number of hydrogen-bond donors (Lipinski definition) is 1. The fourth-order valence-corrected chi connectivity index (χ4v) is 3.38. The Balaban J connectivity index is 1.49. The van der Waals surface area contributed by atoms with Gasteiger partial charge in [-0.1, -0.05) is 19.1 Å². The number of carbonyl (C=O) groups excluding carboxylic acids is 1. The van der Waals surface area contributed by atoms with Crippen LogP contribution in [0.4, 0.5) is 10.1 Å². The summed E-state index contributed by atoms with van der Waals surface area (Å²) in [6.07, 6.45) is 3.06. The third kappa shape index (κ3) is 6.54. The Morgan fingerprint density at radius 1 is 1.17 bits per heavy atom. The third-order valence-electron chi connectivity index (χ3n) is 4.85. The molecule has 0 spiro atoms. The van der Waals surface area contributed by atoms with Crippen LogP contribution >= 0.6 is 0 Å². The van der Waals surface area contributed by atoms with Crippen LogP contribution in [0, 0.1) is 5.82 Å². The van der Waals surface area contributed by atoms with E-state index in [0.717, 1.165) is 42.7 Å². The Morgan fingerprint density at radius 2 is 1.90 bits per heavy atom. The molecule has 3 atom stereocenters. The number of rotatable bonds is 8.